The Morgan fingerprint density at radius 1 is 1.60 bits per heavy atom. The topological polar surface area (TPSA) is 34.1 Å². The fraction of sp³-hybridized carbons (Fsp3) is 0.500. The van der Waals surface area contributed by atoms with Crippen LogP contribution in [0.2, 0.25) is 0 Å². The molecule has 10 heavy (non-hydrogen) atoms. The van der Waals surface area contributed by atoms with Crippen LogP contribution in [-0.4, -0.2) is 11.6 Å². The second kappa shape index (κ2) is 3.99. The molecule has 56 valence electrons. The van der Waals surface area contributed by atoms with Crippen molar-refractivity contribution in [2.75, 3.05) is 0 Å². The zero-order valence-corrected chi connectivity index (χ0v) is 6.39. The van der Waals surface area contributed by atoms with E-state index in [1.165, 1.54) is 13.0 Å². The molecule has 0 aromatic heterocycles. The Bertz CT molecular complexity index is 159. The largest absolute Gasteiger partial charge is 0.299 e. The Labute approximate surface area is 60.9 Å². The molecule has 0 spiro atoms. The first-order chi connectivity index (χ1) is 4.59. The van der Waals surface area contributed by atoms with Crippen LogP contribution in [0.25, 0.3) is 0 Å². The lowest BCUT2D eigenvalue weighted by atomic mass is 10.0. The zero-order chi connectivity index (χ0) is 8.15. The lowest BCUT2D eigenvalue weighted by Crippen LogP contribution is -2.17. The van der Waals surface area contributed by atoms with E-state index in [2.05, 4.69) is 6.58 Å². The highest BCUT2D eigenvalue weighted by atomic mass is 16.1. The van der Waals surface area contributed by atoms with Crippen molar-refractivity contribution in [2.45, 2.75) is 20.3 Å². The molecule has 0 N–H and O–H groups in total. The van der Waals surface area contributed by atoms with Gasteiger partial charge in [-0.25, -0.2) is 0 Å². The maximum Gasteiger partial charge on any atom is 0.146 e. The summed E-state index contributed by atoms with van der Waals surface area (Å²) < 4.78 is 0. The molecule has 0 saturated carbocycles. The van der Waals surface area contributed by atoms with Gasteiger partial charge >= 0.3 is 0 Å². The number of hydrogen-bond acceptors (Lipinski definition) is 2. The van der Waals surface area contributed by atoms with Crippen LogP contribution in [0.1, 0.15) is 20.3 Å². The molecule has 0 bridgehead atoms. The third-order valence-electron chi connectivity index (χ3n) is 1.44. The van der Waals surface area contributed by atoms with Gasteiger partial charge in [-0.3, -0.25) is 9.59 Å². The first kappa shape index (κ1) is 9.08. The van der Waals surface area contributed by atoms with Crippen molar-refractivity contribution in [1.82, 2.24) is 0 Å². The summed E-state index contributed by atoms with van der Waals surface area (Å²) in [7, 11) is 0. The van der Waals surface area contributed by atoms with Gasteiger partial charge in [-0.2, -0.15) is 0 Å². The number of carbonyl (C=O) groups excluding carboxylic acids is 2. The number of rotatable bonds is 4. The summed E-state index contributed by atoms with van der Waals surface area (Å²) in [6.45, 7) is 6.45. The number of hydrogen-bond donors (Lipinski definition) is 0. The van der Waals surface area contributed by atoms with Gasteiger partial charge in [0.15, 0.2) is 0 Å². The van der Waals surface area contributed by atoms with Gasteiger partial charge in [0.05, 0.1) is 5.92 Å². The fourth-order valence-corrected chi connectivity index (χ4v) is 0.546. The van der Waals surface area contributed by atoms with Gasteiger partial charge in [-0.15, -0.1) is 6.58 Å². The molecule has 0 fully saturated rings. The molecule has 0 aliphatic heterocycles. The van der Waals surface area contributed by atoms with E-state index in [9.17, 15) is 9.59 Å². The van der Waals surface area contributed by atoms with E-state index < -0.39 is 5.92 Å². The summed E-state index contributed by atoms with van der Waals surface area (Å²) >= 11 is 0. The Morgan fingerprint density at radius 2 is 2.10 bits per heavy atom. The third-order valence-corrected chi connectivity index (χ3v) is 1.44. The maximum absolute atomic E-state index is 10.9. The molecular weight excluding hydrogens is 128 g/mol. The first-order valence-electron chi connectivity index (χ1n) is 3.23. The standard InChI is InChI=1S/C8H12O2/c1-4-5-8(10)6(2)7(3)9/h4,6H,1,5H2,2-3H3. The van der Waals surface area contributed by atoms with Crippen molar-refractivity contribution in [2.24, 2.45) is 5.92 Å². The maximum atomic E-state index is 10.9. The molecule has 0 aromatic carbocycles. The Hall–Kier alpha value is -0.920. The van der Waals surface area contributed by atoms with Crippen LogP contribution in [0.15, 0.2) is 12.7 Å². The van der Waals surface area contributed by atoms with Crippen molar-refractivity contribution >= 4 is 11.6 Å². The van der Waals surface area contributed by atoms with Crippen LogP contribution < -0.4 is 0 Å². The van der Waals surface area contributed by atoms with E-state index in [-0.39, 0.29) is 11.6 Å². The van der Waals surface area contributed by atoms with Crippen LogP contribution in [0.5, 0.6) is 0 Å². The Kier molecular flexibility index (Phi) is 3.62. The minimum absolute atomic E-state index is 0.0532. The Balaban J connectivity index is 3.94. The first-order valence-corrected chi connectivity index (χ1v) is 3.23. The quantitative estimate of drug-likeness (QED) is 0.436. The molecule has 0 heterocycles. The average molecular weight is 140 g/mol. The zero-order valence-electron chi connectivity index (χ0n) is 6.39. The SMILES string of the molecule is C=CCC(=O)C(C)C(C)=O. The summed E-state index contributed by atoms with van der Waals surface area (Å²) in [4.78, 5) is 21.5. The minimum Gasteiger partial charge on any atom is -0.299 e. The van der Waals surface area contributed by atoms with Crippen molar-refractivity contribution in [3.05, 3.63) is 12.7 Å². The van der Waals surface area contributed by atoms with Crippen LogP contribution in [-0.2, 0) is 9.59 Å². The summed E-state index contributed by atoms with van der Waals surface area (Å²) in [5.41, 5.74) is 0. The van der Waals surface area contributed by atoms with E-state index in [0.29, 0.717) is 6.42 Å². The van der Waals surface area contributed by atoms with Gasteiger partial charge in [-0.1, -0.05) is 6.08 Å². The molecule has 0 aliphatic rings. The van der Waals surface area contributed by atoms with Gasteiger partial charge in [0.2, 0.25) is 0 Å². The van der Waals surface area contributed by atoms with Crippen molar-refractivity contribution < 1.29 is 9.59 Å². The van der Waals surface area contributed by atoms with Crippen LogP contribution in [0.4, 0.5) is 0 Å². The van der Waals surface area contributed by atoms with Crippen LogP contribution in [0.3, 0.4) is 0 Å². The smallest absolute Gasteiger partial charge is 0.146 e. The fourth-order valence-electron chi connectivity index (χ4n) is 0.546. The molecule has 0 saturated heterocycles. The van der Waals surface area contributed by atoms with Crippen molar-refractivity contribution in [3.8, 4) is 0 Å². The molecule has 2 heteroatoms. The van der Waals surface area contributed by atoms with E-state index >= 15 is 0 Å². The monoisotopic (exact) mass is 140 g/mol. The van der Waals surface area contributed by atoms with Gasteiger partial charge in [-0.05, 0) is 13.8 Å². The summed E-state index contributed by atoms with van der Waals surface area (Å²) in [5.74, 6) is -0.590. The van der Waals surface area contributed by atoms with Crippen LogP contribution >= 0.6 is 0 Å². The summed E-state index contributed by atoms with van der Waals surface area (Å²) in [5, 5.41) is 0. The second-order valence-corrected chi connectivity index (χ2v) is 2.29. The normalized spacial score (nSPS) is 12.2. The third kappa shape index (κ3) is 2.58. The van der Waals surface area contributed by atoms with Gasteiger partial charge < -0.3 is 0 Å². The summed E-state index contributed by atoms with van der Waals surface area (Å²) in [6, 6.07) is 0. The molecule has 0 rings (SSSR count). The molecule has 0 radical (unpaired) electrons. The lowest BCUT2D eigenvalue weighted by molar-refractivity contribution is -0.130. The van der Waals surface area contributed by atoms with Gasteiger partial charge in [0.1, 0.15) is 11.6 Å². The molecule has 0 aromatic rings. The van der Waals surface area contributed by atoms with E-state index in [1.807, 2.05) is 0 Å². The average Bonchev–Trinajstić information content (AvgIpc) is 1.87. The molecule has 0 amide bonds. The van der Waals surface area contributed by atoms with E-state index in [1.54, 1.807) is 6.92 Å². The molecule has 1 unspecified atom stereocenters. The predicted octanol–water partition coefficient (Wildman–Crippen LogP) is 1.36. The van der Waals surface area contributed by atoms with Crippen molar-refractivity contribution in [3.63, 3.8) is 0 Å². The van der Waals surface area contributed by atoms with Crippen LogP contribution in [0, 0.1) is 5.92 Å². The second-order valence-electron chi connectivity index (χ2n) is 2.29. The molecule has 1 atom stereocenters. The molecule has 0 aliphatic carbocycles. The highest BCUT2D eigenvalue weighted by molar-refractivity contribution is 6.01. The Morgan fingerprint density at radius 3 is 2.40 bits per heavy atom. The number of allylic oxidation sites excluding steroid dienone is 1. The number of Topliss-reactive ketones (excluding diaryl/α,β-unsaturated/α-hetero) is 2. The number of carbonyl (C=O) groups is 2. The van der Waals surface area contributed by atoms with E-state index in [0.717, 1.165) is 0 Å². The van der Waals surface area contributed by atoms with Gasteiger partial charge in [0.25, 0.3) is 0 Å². The molecular formula is C8H12O2. The van der Waals surface area contributed by atoms with E-state index in [4.69, 9.17) is 0 Å². The van der Waals surface area contributed by atoms with Crippen molar-refractivity contribution in [1.29, 1.82) is 0 Å². The highest BCUT2D eigenvalue weighted by Crippen LogP contribution is 2.01. The predicted molar refractivity (Wildman–Crippen MR) is 39.7 cm³/mol. The minimum atomic E-state index is -0.460. The molecule has 2 nitrogen and oxygen atoms in total. The van der Waals surface area contributed by atoms with Gasteiger partial charge in [0, 0.05) is 6.42 Å². The number of ketones is 2. The highest BCUT2D eigenvalue weighted by Gasteiger charge is 2.14. The lowest BCUT2D eigenvalue weighted by Gasteiger charge is -2.01. The summed E-state index contributed by atoms with van der Waals surface area (Å²) in [6.07, 6.45) is 1.81.